The van der Waals surface area contributed by atoms with Crippen molar-refractivity contribution >= 4 is 11.8 Å². The second-order valence-corrected chi connectivity index (χ2v) is 1.90. The van der Waals surface area contributed by atoms with Crippen molar-refractivity contribution in [2.75, 3.05) is 7.11 Å². The Labute approximate surface area is 65.0 Å². The third-order valence-corrected chi connectivity index (χ3v) is 1.29. The zero-order valence-electron chi connectivity index (χ0n) is 6.33. The molecule has 3 nitrogen and oxygen atoms in total. The maximum absolute atomic E-state index is 5.00. The molecule has 0 aliphatic rings. The summed E-state index contributed by atoms with van der Waals surface area (Å²) in [7, 11) is 1.53. The van der Waals surface area contributed by atoms with E-state index in [1.54, 1.807) is 6.08 Å². The molecule has 0 fully saturated rings. The van der Waals surface area contributed by atoms with Gasteiger partial charge in [-0.25, -0.2) is 4.98 Å². The third kappa shape index (κ3) is 1.32. The number of nitrogens with zero attached hydrogens (tertiary/aromatic N) is 1. The normalized spacial score (nSPS) is 9.18. The molecule has 0 aliphatic heterocycles. The van der Waals surface area contributed by atoms with Crippen LogP contribution in [0.25, 0.3) is 11.8 Å². The van der Waals surface area contributed by atoms with Crippen molar-refractivity contribution in [3.8, 4) is 0 Å². The molecule has 0 unspecified atom stereocenters. The average molecular weight is 151 g/mol. The minimum absolute atomic E-state index is 0.456. The number of aromatic nitrogens is 1. The van der Waals surface area contributed by atoms with E-state index < -0.39 is 0 Å². The molecule has 1 heterocycles. The molecule has 0 atom stereocenters. The molecule has 0 saturated heterocycles. The SMILES string of the molecule is C=Cc1ncoc1C(=C)OC. The lowest BCUT2D eigenvalue weighted by molar-refractivity contribution is 0.353. The summed E-state index contributed by atoms with van der Waals surface area (Å²) in [6, 6.07) is 0. The highest BCUT2D eigenvalue weighted by atomic mass is 16.5. The lowest BCUT2D eigenvalue weighted by atomic mass is 10.3. The summed E-state index contributed by atoms with van der Waals surface area (Å²) < 4.78 is 9.86. The van der Waals surface area contributed by atoms with Gasteiger partial charge < -0.3 is 9.15 Å². The van der Waals surface area contributed by atoms with Crippen LogP contribution in [0.1, 0.15) is 11.5 Å². The molecular formula is C8H9NO2. The van der Waals surface area contributed by atoms with E-state index >= 15 is 0 Å². The predicted octanol–water partition coefficient (Wildman–Crippen LogP) is 1.93. The fraction of sp³-hybridized carbons (Fsp3) is 0.125. The van der Waals surface area contributed by atoms with Gasteiger partial charge >= 0.3 is 0 Å². The van der Waals surface area contributed by atoms with Crippen molar-refractivity contribution in [2.45, 2.75) is 0 Å². The van der Waals surface area contributed by atoms with E-state index in [0.717, 1.165) is 0 Å². The van der Waals surface area contributed by atoms with Gasteiger partial charge in [0.25, 0.3) is 0 Å². The van der Waals surface area contributed by atoms with Crippen molar-refractivity contribution in [1.82, 2.24) is 4.98 Å². The summed E-state index contributed by atoms with van der Waals surface area (Å²) in [6.07, 6.45) is 2.92. The topological polar surface area (TPSA) is 35.3 Å². The summed E-state index contributed by atoms with van der Waals surface area (Å²) in [4.78, 5) is 3.88. The molecule has 0 aliphatic carbocycles. The molecule has 1 aromatic heterocycles. The molecule has 0 bridgehead atoms. The molecule has 0 radical (unpaired) electrons. The Morgan fingerprint density at radius 3 is 3.09 bits per heavy atom. The lowest BCUT2D eigenvalue weighted by Crippen LogP contribution is -1.85. The Balaban J connectivity index is 3.01. The molecule has 1 rings (SSSR count). The summed E-state index contributed by atoms with van der Waals surface area (Å²) in [5, 5.41) is 0. The Hall–Kier alpha value is -1.51. The second kappa shape index (κ2) is 3.05. The van der Waals surface area contributed by atoms with Crippen molar-refractivity contribution in [2.24, 2.45) is 0 Å². The van der Waals surface area contributed by atoms with Gasteiger partial charge in [-0.3, -0.25) is 0 Å². The summed E-state index contributed by atoms with van der Waals surface area (Å²) in [5.74, 6) is 0.986. The van der Waals surface area contributed by atoms with Crippen LogP contribution in [0.2, 0.25) is 0 Å². The van der Waals surface area contributed by atoms with Gasteiger partial charge in [-0.2, -0.15) is 0 Å². The van der Waals surface area contributed by atoms with Crippen LogP contribution in [-0.4, -0.2) is 12.1 Å². The van der Waals surface area contributed by atoms with Crippen molar-refractivity contribution in [3.63, 3.8) is 0 Å². The highest BCUT2D eigenvalue weighted by molar-refractivity contribution is 5.61. The zero-order valence-corrected chi connectivity index (χ0v) is 6.33. The quantitative estimate of drug-likeness (QED) is 0.619. The number of rotatable bonds is 3. The van der Waals surface area contributed by atoms with Crippen molar-refractivity contribution in [1.29, 1.82) is 0 Å². The monoisotopic (exact) mass is 151 g/mol. The van der Waals surface area contributed by atoms with Gasteiger partial charge in [-0.05, 0) is 6.08 Å². The van der Waals surface area contributed by atoms with E-state index in [9.17, 15) is 0 Å². The van der Waals surface area contributed by atoms with Crippen LogP contribution in [0.5, 0.6) is 0 Å². The largest absolute Gasteiger partial charge is 0.493 e. The fourth-order valence-electron chi connectivity index (χ4n) is 0.702. The molecule has 0 amide bonds. The lowest BCUT2D eigenvalue weighted by Gasteiger charge is -1.98. The predicted molar refractivity (Wildman–Crippen MR) is 42.6 cm³/mol. The Kier molecular flexibility index (Phi) is 2.11. The van der Waals surface area contributed by atoms with Crippen LogP contribution in [0, 0.1) is 0 Å². The minimum atomic E-state index is 0.456. The first kappa shape index (κ1) is 7.60. The molecular weight excluding hydrogens is 142 g/mol. The second-order valence-electron chi connectivity index (χ2n) is 1.90. The van der Waals surface area contributed by atoms with Gasteiger partial charge in [0.2, 0.25) is 0 Å². The van der Waals surface area contributed by atoms with Gasteiger partial charge in [-0.1, -0.05) is 13.2 Å². The van der Waals surface area contributed by atoms with Gasteiger partial charge in [0.1, 0.15) is 5.69 Å². The van der Waals surface area contributed by atoms with Gasteiger partial charge in [0.05, 0.1) is 7.11 Å². The molecule has 3 heteroatoms. The summed E-state index contributed by atoms with van der Waals surface area (Å²) >= 11 is 0. The molecule has 0 spiro atoms. The van der Waals surface area contributed by atoms with Crippen LogP contribution >= 0.6 is 0 Å². The van der Waals surface area contributed by atoms with Gasteiger partial charge in [-0.15, -0.1) is 0 Å². The van der Waals surface area contributed by atoms with E-state index in [1.807, 2.05) is 0 Å². The Morgan fingerprint density at radius 2 is 2.55 bits per heavy atom. The zero-order chi connectivity index (χ0) is 8.27. The third-order valence-electron chi connectivity index (χ3n) is 1.29. The van der Waals surface area contributed by atoms with E-state index in [0.29, 0.717) is 17.2 Å². The van der Waals surface area contributed by atoms with Crippen molar-refractivity contribution in [3.05, 3.63) is 31.0 Å². The van der Waals surface area contributed by atoms with E-state index in [-0.39, 0.29) is 0 Å². The molecule has 0 aromatic carbocycles. The standard InChI is InChI=1S/C8H9NO2/c1-4-7-8(6(2)10-3)11-5-9-7/h4-5H,1-2H2,3H3. The van der Waals surface area contributed by atoms with E-state index in [2.05, 4.69) is 18.1 Å². The van der Waals surface area contributed by atoms with Crippen LogP contribution in [0.4, 0.5) is 0 Å². The van der Waals surface area contributed by atoms with Crippen LogP contribution < -0.4 is 0 Å². The first-order valence-electron chi connectivity index (χ1n) is 3.08. The Bertz CT molecular complexity index is 275. The number of oxazole rings is 1. The van der Waals surface area contributed by atoms with E-state index in [4.69, 9.17) is 9.15 Å². The average Bonchev–Trinajstić information content (AvgIpc) is 2.50. The van der Waals surface area contributed by atoms with Crippen molar-refractivity contribution < 1.29 is 9.15 Å². The highest BCUT2D eigenvalue weighted by Crippen LogP contribution is 2.17. The molecule has 0 saturated carbocycles. The summed E-state index contributed by atoms with van der Waals surface area (Å²) in [6.45, 7) is 7.18. The maximum atomic E-state index is 5.00. The maximum Gasteiger partial charge on any atom is 0.195 e. The van der Waals surface area contributed by atoms with Crippen LogP contribution in [-0.2, 0) is 4.74 Å². The Morgan fingerprint density at radius 1 is 1.82 bits per heavy atom. The minimum Gasteiger partial charge on any atom is -0.493 e. The van der Waals surface area contributed by atoms with Crippen LogP contribution in [0.3, 0.4) is 0 Å². The molecule has 11 heavy (non-hydrogen) atoms. The fourth-order valence-corrected chi connectivity index (χ4v) is 0.702. The molecule has 58 valence electrons. The first-order chi connectivity index (χ1) is 5.29. The smallest absolute Gasteiger partial charge is 0.195 e. The van der Waals surface area contributed by atoms with Gasteiger partial charge in [0.15, 0.2) is 17.9 Å². The number of ether oxygens (including phenoxy) is 1. The summed E-state index contributed by atoms with van der Waals surface area (Å²) in [5.41, 5.74) is 0.650. The highest BCUT2D eigenvalue weighted by Gasteiger charge is 2.07. The van der Waals surface area contributed by atoms with E-state index in [1.165, 1.54) is 13.5 Å². The van der Waals surface area contributed by atoms with Crippen LogP contribution in [0.15, 0.2) is 24.0 Å². The van der Waals surface area contributed by atoms with Gasteiger partial charge in [0, 0.05) is 0 Å². The number of hydrogen-bond acceptors (Lipinski definition) is 3. The number of methoxy groups -OCH3 is 1. The molecule has 1 aromatic rings. The number of hydrogen-bond donors (Lipinski definition) is 0. The first-order valence-corrected chi connectivity index (χ1v) is 3.08. The molecule has 0 N–H and O–H groups in total.